The van der Waals surface area contributed by atoms with Crippen molar-refractivity contribution in [2.45, 2.75) is 6.10 Å². The number of carbonyl (C=O) groups is 1. The van der Waals surface area contributed by atoms with Crippen LogP contribution in [0, 0.1) is 5.82 Å². The van der Waals surface area contributed by atoms with Gasteiger partial charge in [0.1, 0.15) is 11.6 Å². The second-order valence-electron chi connectivity index (χ2n) is 6.66. The van der Waals surface area contributed by atoms with Gasteiger partial charge in [0.05, 0.1) is 13.2 Å². The fourth-order valence-corrected chi connectivity index (χ4v) is 3.42. The summed E-state index contributed by atoms with van der Waals surface area (Å²) in [6.07, 6.45) is 0.122. The molecule has 1 amide bonds. The molecule has 0 aromatic heterocycles. The summed E-state index contributed by atoms with van der Waals surface area (Å²) in [6.45, 7) is 1.23. The number of likely N-dealkylation sites (tertiary alicyclic amines) is 1. The molecule has 4 nitrogen and oxygen atoms in total. The van der Waals surface area contributed by atoms with Crippen LogP contribution in [0.2, 0.25) is 0 Å². The molecule has 0 N–H and O–H groups in total. The van der Waals surface area contributed by atoms with Crippen LogP contribution in [-0.4, -0.2) is 44.2 Å². The van der Waals surface area contributed by atoms with Crippen molar-refractivity contribution in [2.24, 2.45) is 0 Å². The van der Waals surface area contributed by atoms with E-state index in [1.54, 1.807) is 37.3 Å². The van der Waals surface area contributed by atoms with E-state index in [1.807, 2.05) is 30.3 Å². The average Bonchev–Trinajstić information content (AvgIpc) is 2.66. The molecular weight excluding hydrogens is 345 g/mol. The van der Waals surface area contributed by atoms with Crippen molar-refractivity contribution in [3.05, 3.63) is 66.0 Å². The Labute approximate surface area is 157 Å². The van der Waals surface area contributed by atoms with Crippen LogP contribution in [0.4, 0.5) is 4.39 Å². The molecule has 0 aliphatic carbocycles. The lowest BCUT2D eigenvalue weighted by Crippen LogP contribution is -2.54. The molecule has 1 saturated heterocycles. The molecule has 1 heterocycles. The van der Waals surface area contributed by atoms with Gasteiger partial charge < -0.3 is 14.4 Å². The van der Waals surface area contributed by atoms with Gasteiger partial charge in [-0.05, 0) is 46.7 Å². The van der Waals surface area contributed by atoms with Gasteiger partial charge in [0.2, 0.25) is 0 Å². The Morgan fingerprint density at radius 3 is 2.59 bits per heavy atom. The zero-order valence-corrected chi connectivity index (χ0v) is 15.2. The van der Waals surface area contributed by atoms with E-state index in [2.05, 4.69) is 0 Å². The number of ether oxygens (including phenoxy) is 2. The van der Waals surface area contributed by atoms with Crippen LogP contribution in [0.25, 0.3) is 21.9 Å². The first-order valence-corrected chi connectivity index (χ1v) is 8.79. The molecule has 0 unspecified atom stereocenters. The summed E-state index contributed by atoms with van der Waals surface area (Å²) in [5.74, 6) is 0.276. The van der Waals surface area contributed by atoms with E-state index in [9.17, 15) is 9.18 Å². The molecule has 0 bridgehead atoms. The lowest BCUT2D eigenvalue weighted by molar-refractivity contribution is -0.0191. The van der Waals surface area contributed by atoms with E-state index < -0.39 is 0 Å². The van der Waals surface area contributed by atoms with Crippen molar-refractivity contribution >= 4 is 16.7 Å². The fourth-order valence-electron chi connectivity index (χ4n) is 3.42. The molecule has 3 aromatic carbocycles. The lowest BCUT2D eigenvalue weighted by Gasteiger charge is -2.38. The predicted molar refractivity (Wildman–Crippen MR) is 103 cm³/mol. The van der Waals surface area contributed by atoms with Crippen molar-refractivity contribution < 1.29 is 18.7 Å². The van der Waals surface area contributed by atoms with Crippen LogP contribution >= 0.6 is 0 Å². The van der Waals surface area contributed by atoms with Gasteiger partial charge >= 0.3 is 0 Å². The molecule has 5 heteroatoms. The number of hydrogen-bond donors (Lipinski definition) is 0. The van der Waals surface area contributed by atoms with Crippen molar-refractivity contribution in [3.8, 4) is 16.9 Å². The quantitative estimate of drug-likeness (QED) is 0.698. The monoisotopic (exact) mass is 365 g/mol. The van der Waals surface area contributed by atoms with E-state index in [0.29, 0.717) is 30.0 Å². The maximum Gasteiger partial charge on any atom is 0.254 e. The second-order valence-corrected chi connectivity index (χ2v) is 6.66. The summed E-state index contributed by atoms with van der Waals surface area (Å²) in [5, 5.41) is 1.78. The molecule has 1 fully saturated rings. The number of nitrogens with zero attached hydrogens (tertiary/aromatic N) is 1. The fraction of sp³-hybridized carbons (Fsp3) is 0.227. The maximum atomic E-state index is 14.4. The largest absolute Gasteiger partial charge is 0.497 e. The Balaban J connectivity index is 1.72. The summed E-state index contributed by atoms with van der Waals surface area (Å²) >= 11 is 0. The number of carbonyl (C=O) groups excluding carboxylic acids is 1. The summed E-state index contributed by atoms with van der Waals surface area (Å²) in [4.78, 5) is 14.4. The SMILES string of the molecule is COc1ccc(F)c(-c2cccc3cc(C(=O)N4CC(OC)C4)ccc23)c1. The van der Waals surface area contributed by atoms with Crippen LogP contribution in [0.1, 0.15) is 10.4 Å². The smallest absolute Gasteiger partial charge is 0.254 e. The first kappa shape index (κ1) is 17.5. The number of rotatable bonds is 4. The van der Waals surface area contributed by atoms with E-state index in [0.717, 1.165) is 16.3 Å². The van der Waals surface area contributed by atoms with E-state index in [1.165, 1.54) is 6.07 Å². The zero-order valence-electron chi connectivity index (χ0n) is 15.2. The van der Waals surface area contributed by atoms with Gasteiger partial charge in [-0.15, -0.1) is 0 Å². The third-order valence-corrected chi connectivity index (χ3v) is 5.06. The third-order valence-electron chi connectivity index (χ3n) is 5.06. The summed E-state index contributed by atoms with van der Waals surface area (Å²) in [5.41, 5.74) is 1.87. The van der Waals surface area contributed by atoms with Gasteiger partial charge in [-0.3, -0.25) is 4.79 Å². The summed E-state index contributed by atoms with van der Waals surface area (Å²) in [7, 11) is 3.21. The minimum atomic E-state index is -0.311. The highest BCUT2D eigenvalue weighted by Crippen LogP contribution is 2.33. The van der Waals surface area contributed by atoms with E-state index in [-0.39, 0.29) is 17.8 Å². The zero-order chi connectivity index (χ0) is 19.0. The summed E-state index contributed by atoms with van der Waals surface area (Å²) < 4.78 is 24.9. The third kappa shape index (κ3) is 3.15. The van der Waals surface area contributed by atoms with Gasteiger partial charge in [-0.1, -0.05) is 24.3 Å². The Morgan fingerprint density at radius 1 is 1.04 bits per heavy atom. The molecule has 0 saturated carbocycles. The van der Waals surface area contributed by atoms with Gasteiger partial charge in [0.25, 0.3) is 5.91 Å². The number of fused-ring (bicyclic) bond motifs is 1. The highest BCUT2D eigenvalue weighted by atomic mass is 19.1. The highest BCUT2D eigenvalue weighted by molar-refractivity contribution is 6.03. The van der Waals surface area contributed by atoms with Gasteiger partial charge in [-0.25, -0.2) is 4.39 Å². The van der Waals surface area contributed by atoms with Crippen molar-refractivity contribution in [2.75, 3.05) is 27.3 Å². The van der Waals surface area contributed by atoms with E-state index >= 15 is 0 Å². The predicted octanol–water partition coefficient (Wildman–Crippen LogP) is 4.13. The van der Waals surface area contributed by atoms with Crippen LogP contribution in [0.3, 0.4) is 0 Å². The van der Waals surface area contributed by atoms with Gasteiger partial charge in [0, 0.05) is 31.3 Å². The normalized spacial score (nSPS) is 14.3. The molecule has 4 rings (SSSR count). The number of halogens is 1. The Bertz CT molecular complexity index is 1010. The minimum Gasteiger partial charge on any atom is -0.497 e. The van der Waals surface area contributed by atoms with Gasteiger partial charge in [0.15, 0.2) is 0 Å². The topological polar surface area (TPSA) is 38.8 Å². The number of hydrogen-bond acceptors (Lipinski definition) is 3. The molecule has 0 radical (unpaired) electrons. The van der Waals surface area contributed by atoms with Crippen LogP contribution < -0.4 is 4.74 Å². The molecule has 3 aromatic rings. The Kier molecular flexibility index (Phi) is 4.54. The van der Waals surface area contributed by atoms with Crippen LogP contribution in [0.15, 0.2) is 54.6 Å². The molecule has 27 heavy (non-hydrogen) atoms. The highest BCUT2D eigenvalue weighted by Gasteiger charge is 2.31. The second kappa shape index (κ2) is 7.00. The minimum absolute atomic E-state index is 0.0110. The molecule has 0 spiro atoms. The lowest BCUT2D eigenvalue weighted by atomic mass is 9.96. The molecular formula is C22H20FNO3. The van der Waals surface area contributed by atoms with Crippen LogP contribution in [0.5, 0.6) is 5.75 Å². The number of amides is 1. The van der Waals surface area contributed by atoms with Crippen LogP contribution in [-0.2, 0) is 4.74 Å². The van der Waals surface area contributed by atoms with Crippen molar-refractivity contribution in [3.63, 3.8) is 0 Å². The van der Waals surface area contributed by atoms with Crippen molar-refractivity contribution in [1.29, 1.82) is 0 Å². The van der Waals surface area contributed by atoms with Crippen molar-refractivity contribution in [1.82, 2.24) is 4.90 Å². The maximum absolute atomic E-state index is 14.4. The summed E-state index contributed by atoms with van der Waals surface area (Å²) in [6, 6.07) is 15.9. The van der Waals surface area contributed by atoms with E-state index in [4.69, 9.17) is 9.47 Å². The van der Waals surface area contributed by atoms with Gasteiger partial charge in [-0.2, -0.15) is 0 Å². The first-order valence-electron chi connectivity index (χ1n) is 8.79. The molecule has 1 aliphatic rings. The molecule has 138 valence electrons. The first-order chi connectivity index (χ1) is 13.1. The Morgan fingerprint density at radius 2 is 1.85 bits per heavy atom. The molecule has 0 atom stereocenters. The number of methoxy groups -OCH3 is 2. The number of benzene rings is 3. The standard InChI is InChI=1S/C22H20FNO3/c1-26-16-7-9-21(23)20(11-16)19-5-3-4-14-10-15(6-8-18(14)19)22(25)24-12-17(13-24)27-2/h3-11,17H,12-13H2,1-2H3. The molecule has 1 aliphatic heterocycles. The average molecular weight is 365 g/mol. The Hall–Kier alpha value is -2.92.